The lowest BCUT2D eigenvalue weighted by Crippen LogP contribution is -2.54. The fraction of sp³-hybridized carbons (Fsp3) is 0.286. The molecule has 0 spiro atoms. The van der Waals surface area contributed by atoms with E-state index in [0.717, 1.165) is 36.3 Å². The molecular weight excluding hydrogens is 344 g/mol. The van der Waals surface area contributed by atoms with Gasteiger partial charge in [-0.2, -0.15) is 5.01 Å². The van der Waals surface area contributed by atoms with Gasteiger partial charge in [0.25, 0.3) is 11.8 Å². The van der Waals surface area contributed by atoms with Crippen molar-refractivity contribution in [3.8, 4) is 0 Å². The van der Waals surface area contributed by atoms with Gasteiger partial charge < -0.3 is 4.74 Å². The molecule has 0 N–H and O–H groups in total. The van der Waals surface area contributed by atoms with E-state index >= 15 is 0 Å². The zero-order chi connectivity index (χ0) is 18.8. The van der Waals surface area contributed by atoms with Crippen LogP contribution in [0.25, 0.3) is 0 Å². The summed E-state index contributed by atoms with van der Waals surface area (Å²) in [5.41, 5.74) is 1.49. The van der Waals surface area contributed by atoms with E-state index in [1.54, 1.807) is 24.3 Å². The number of carbonyl (C=O) groups excluding carboxylic acids is 3. The molecule has 1 saturated carbocycles. The first-order chi connectivity index (χ1) is 13.2. The molecule has 1 heterocycles. The van der Waals surface area contributed by atoms with Crippen LogP contribution >= 0.6 is 0 Å². The third-order valence-corrected chi connectivity index (χ3v) is 5.05. The van der Waals surface area contributed by atoms with Gasteiger partial charge >= 0.3 is 6.09 Å². The van der Waals surface area contributed by atoms with Crippen LogP contribution in [0.5, 0.6) is 0 Å². The normalized spacial score (nSPS) is 16.5. The molecule has 0 unspecified atom stereocenters. The second-order valence-electron chi connectivity index (χ2n) is 6.79. The number of nitrogens with zero attached hydrogens (tertiary/aromatic N) is 2. The molecular formula is C21H20N2O4. The molecule has 0 saturated heterocycles. The number of rotatable bonds is 4. The molecule has 4 rings (SSSR count). The highest BCUT2D eigenvalue weighted by atomic mass is 16.6. The first-order valence-electron chi connectivity index (χ1n) is 9.14. The molecule has 138 valence electrons. The molecule has 27 heavy (non-hydrogen) atoms. The van der Waals surface area contributed by atoms with E-state index < -0.39 is 17.9 Å². The minimum Gasteiger partial charge on any atom is -0.443 e. The predicted molar refractivity (Wildman–Crippen MR) is 97.7 cm³/mol. The Bertz CT molecular complexity index is 840. The summed E-state index contributed by atoms with van der Waals surface area (Å²) in [6.07, 6.45) is 2.73. The van der Waals surface area contributed by atoms with Gasteiger partial charge in [0.2, 0.25) is 0 Å². The number of hydrogen-bond acceptors (Lipinski definition) is 4. The summed E-state index contributed by atoms with van der Waals surface area (Å²) < 4.78 is 5.45. The lowest BCUT2D eigenvalue weighted by atomic mass is 10.1. The molecule has 1 aliphatic heterocycles. The van der Waals surface area contributed by atoms with Crippen LogP contribution in [0.15, 0.2) is 54.6 Å². The maximum absolute atomic E-state index is 12.9. The minimum atomic E-state index is -0.666. The van der Waals surface area contributed by atoms with E-state index in [0.29, 0.717) is 11.1 Å². The van der Waals surface area contributed by atoms with Crippen molar-refractivity contribution in [2.75, 3.05) is 0 Å². The summed E-state index contributed by atoms with van der Waals surface area (Å²) in [6, 6.07) is 15.7. The molecule has 1 aliphatic carbocycles. The molecule has 2 aliphatic rings. The summed E-state index contributed by atoms with van der Waals surface area (Å²) in [7, 11) is 0. The molecule has 0 bridgehead atoms. The van der Waals surface area contributed by atoms with Crippen LogP contribution in [-0.2, 0) is 11.3 Å². The highest BCUT2D eigenvalue weighted by molar-refractivity contribution is 6.21. The molecule has 2 aromatic rings. The van der Waals surface area contributed by atoms with E-state index in [1.807, 2.05) is 30.3 Å². The third-order valence-electron chi connectivity index (χ3n) is 5.05. The Labute approximate surface area is 157 Å². The van der Waals surface area contributed by atoms with Crippen molar-refractivity contribution in [2.24, 2.45) is 0 Å². The number of hydrogen-bond donors (Lipinski definition) is 0. The standard InChI is InChI=1S/C21H20N2O4/c24-19-17-12-6-7-13-18(17)20(25)23(19)22(16-10-4-5-11-16)21(26)27-14-15-8-2-1-3-9-15/h1-3,6-9,12-13,16H,4-5,10-11,14H2. The van der Waals surface area contributed by atoms with Crippen LogP contribution in [0.2, 0.25) is 0 Å². The highest BCUT2D eigenvalue weighted by Crippen LogP contribution is 2.31. The number of carbonyl (C=O) groups is 3. The van der Waals surface area contributed by atoms with Crippen molar-refractivity contribution in [2.45, 2.75) is 38.3 Å². The van der Waals surface area contributed by atoms with Crippen molar-refractivity contribution >= 4 is 17.9 Å². The quantitative estimate of drug-likeness (QED) is 0.775. The molecule has 6 heteroatoms. The topological polar surface area (TPSA) is 66.9 Å². The van der Waals surface area contributed by atoms with Gasteiger partial charge in [-0.25, -0.2) is 9.80 Å². The number of hydrazine groups is 1. The smallest absolute Gasteiger partial charge is 0.429 e. The maximum atomic E-state index is 12.9. The average Bonchev–Trinajstić information content (AvgIpc) is 3.31. The highest BCUT2D eigenvalue weighted by Gasteiger charge is 2.45. The van der Waals surface area contributed by atoms with E-state index in [4.69, 9.17) is 4.74 Å². The maximum Gasteiger partial charge on any atom is 0.429 e. The van der Waals surface area contributed by atoms with Gasteiger partial charge in [0.15, 0.2) is 0 Å². The van der Waals surface area contributed by atoms with Gasteiger partial charge in [-0.05, 0) is 30.5 Å². The van der Waals surface area contributed by atoms with E-state index in [-0.39, 0.29) is 12.6 Å². The van der Waals surface area contributed by atoms with Gasteiger partial charge in [-0.15, -0.1) is 0 Å². The van der Waals surface area contributed by atoms with Gasteiger partial charge in [-0.3, -0.25) is 9.59 Å². The molecule has 3 amide bonds. The fourth-order valence-electron chi connectivity index (χ4n) is 3.70. The summed E-state index contributed by atoms with van der Waals surface area (Å²) in [6.45, 7) is 0.0893. The van der Waals surface area contributed by atoms with Gasteiger partial charge in [-0.1, -0.05) is 55.3 Å². The van der Waals surface area contributed by atoms with Gasteiger partial charge in [0, 0.05) is 0 Å². The number of imide groups is 1. The molecule has 0 radical (unpaired) electrons. The SMILES string of the molecule is O=C1c2ccccc2C(=O)N1N(C(=O)OCc1ccccc1)C1CCCC1. The predicted octanol–water partition coefficient (Wildman–Crippen LogP) is 3.78. The summed E-state index contributed by atoms with van der Waals surface area (Å²) >= 11 is 0. The lowest BCUT2D eigenvalue weighted by molar-refractivity contribution is -0.0217. The van der Waals surface area contributed by atoms with Crippen LogP contribution in [0.3, 0.4) is 0 Å². The second kappa shape index (κ2) is 7.23. The minimum absolute atomic E-state index is 0.0893. The first-order valence-corrected chi connectivity index (χ1v) is 9.14. The molecule has 1 fully saturated rings. The van der Waals surface area contributed by atoms with Crippen molar-refractivity contribution in [3.05, 3.63) is 71.3 Å². The largest absolute Gasteiger partial charge is 0.443 e. The first kappa shape index (κ1) is 17.3. The molecule has 6 nitrogen and oxygen atoms in total. The number of benzene rings is 2. The van der Waals surface area contributed by atoms with Gasteiger partial charge in [0.05, 0.1) is 17.2 Å². The zero-order valence-corrected chi connectivity index (χ0v) is 14.8. The Kier molecular flexibility index (Phi) is 4.62. The summed E-state index contributed by atoms with van der Waals surface area (Å²) in [5.74, 6) is -0.946. The number of amides is 3. The zero-order valence-electron chi connectivity index (χ0n) is 14.8. The Morgan fingerprint density at radius 2 is 1.48 bits per heavy atom. The third kappa shape index (κ3) is 3.18. The number of ether oxygens (including phenoxy) is 1. The Morgan fingerprint density at radius 1 is 0.926 bits per heavy atom. The van der Waals surface area contributed by atoms with Crippen LogP contribution < -0.4 is 0 Å². The van der Waals surface area contributed by atoms with Crippen LogP contribution in [-0.4, -0.2) is 34.0 Å². The van der Waals surface area contributed by atoms with Crippen molar-refractivity contribution in [3.63, 3.8) is 0 Å². The Balaban J connectivity index is 1.59. The van der Waals surface area contributed by atoms with E-state index in [9.17, 15) is 14.4 Å². The number of fused-ring (bicyclic) bond motifs is 1. The fourth-order valence-corrected chi connectivity index (χ4v) is 3.70. The second-order valence-corrected chi connectivity index (χ2v) is 6.79. The van der Waals surface area contributed by atoms with Gasteiger partial charge in [0.1, 0.15) is 6.61 Å². The molecule has 0 aromatic heterocycles. The van der Waals surface area contributed by atoms with Crippen LogP contribution in [0.4, 0.5) is 4.79 Å². The monoisotopic (exact) mass is 364 g/mol. The average molecular weight is 364 g/mol. The van der Waals surface area contributed by atoms with Crippen molar-refractivity contribution in [1.29, 1.82) is 0 Å². The van der Waals surface area contributed by atoms with Crippen molar-refractivity contribution < 1.29 is 19.1 Å². The Morgan fingerprint density at radius 3 is 2.07 bits per heavy atom. The summed E-state index contributed by atoms with van der Waals surface area (Å²) in [5, 5.41) is 2.20. The Hall–Kier alpha value is -3.15. The van der Waals surface area contributed by atoms with E-state index in [1.165, 1.54) is 5.01 Å². The summed E-state index contributed by atoms with van der Waals surface area (Å²) in [4.78, 5) is 38.6. The van der Waals surface area contributed by atoms with Crippen LogP contribution in [0, 0.1) is 0 Å². The molecule has 2 aromatic carbocycles. The molecule has 0 atom stereocenters. The van der Waals surface area contributed by atoms with Crippen molar-refractivity contribution in [1.82, 2.24) is 10.0 Å². The lowest BCUT2D eigenvalue weighted by Gasteiger charge is -2.33. The van der Waals surface area contributed by atoms with Crippen LogP contribution in [0.1, 0.15) is 52.0 Å². The van der Waals surface area contributed by atoms with E-state index in [2.05, 4.69) is 0 Å².